The Hall–Kier alpha value is -3.08. The van der Waals surface area contributed by atoms with Crippen LogP contribution in [0, 0.1) is 5.92 Å². The number of fused-ring (bicyclic) bond motifs is 1. The molecule has 0 saturated heterocycles. The molecule has 0 saturated carbocycles. The highest BCUT2D eigenvalue weighted by atomic mass is 16.2. The second-order valence-electron chi connectivity index (χ2n) is 6.63. The van der Waals surface area contributed by atoms with Crippen molar-refractivity contribution in [3.63, 3.8) is 0 Å². The average molecular weight is 349 g/mol. The SMILES string of the molecule is CC(C)C(=O)Nc1ccc(NC(=O)CCc2c[nH]c3ccccc23)cc1. The Morgan fingerprint density at radius 1 is 0.962 bits per heavy atom. The first-order valence-electron chi connectivity index (χ1n) is 8.78. The van der Waals surface area contributed by atoms with Gasteiger partial charge in [-0.15, -0.1) is 0 Å². The number of H-pyrrole nitrogens is 1. The molecule has 0 aliphatic carbocycles. The van der Waals surface area contributed by atoms with Gasteiger partial charge in [-0.3, -0.25) is 9.59 Å². The van der Waals surface area contributed by atoms with Crippen LogP contribution in [-0.4, -0.2) is 16.8 Å². The molecule has 0 spiro atoms. The summed E-state index contributed by atoms with van der Waals surface area (Å²) in [4.78, 5) is 27.1. The number of para-hydroxylation sites is 1. The largest absolute Gasteiger partial charge is 0.361 e. The molecule has 0 unspecified atom stereocenters. The standard InChI is InChI=1S/C21H23N3O2/c1-14(2)21(26)24-17-10-8-16(9-11-17)23-20(25)12-7-15-13-22-19-6-4-3-5-18(15)19/h3-6,8-11,13-14,22H,7,12H2,1-2H3,(H,23,25)(H,24,26). The molecule has 0 atom stereocenters. The maximum atomic E-state index is 12.2. The van der Waals surface area contributed by atoms with Gasteiger partial charge in [0.25, 0.3) is 0 Å². The van der Waals surface area contributed by atoms with Crippen LogP contribution in [-0.2, 0) is 16.0 Å². The highest BCUT2D eigenvalue weighted by Gasteiger charge is 2.09. The van der Waals surface area contributed by atoms with Crippen molar-refractivity contribution in [1.29, 1.82) is 0 Å². The lowest BCUT2D eigenvalue weighted by Crippen LogP contribution is -2.17. The van der Waals surface area contributed by atoms with E-state index in [-0.39, 0.29) is 17.7 Å². The topological polar surface area (TPSA) is 74.0 Å². The van der Waals surface area contributed by atoms with Crippen molar-refractivity contribution in [1.82, 2.24) is 4.98 Å². The molecule has 0 radical (unpaired) electrons. The smallest absolute Gasteiger partial charge is 0.226 e. The fourth-order valence-corrected chi connectivity index (χ4v) is 2.73. The zero-order valence-corrected chi connectivity index (χ0v) is 15.0. The summed E-state index contributed by atoms with van der Waals surface area (Å²) in [6, 6.07) is 15.2. The van der Waals surface area contributed by atoms with Crippen molar-refractivity contribution < 1.29 is 9.59 Å². The normalized spacial score (nSPS) is 10.9. The van der Waals surface area contributed by atoms with E-state index in [1.165, 1.54) is 0 Å². The molecule has 5 heteroatoms. The van der Waals surface area contributed by atoms with E-state index in [2.05, 4.69) is 21.7 Å². The Morgan fingerprint density at radius 3 is 2.31 bits per heavy atom. The zero-order chi connectivity index (χ0) is 18.5. The van der Waals surface area contributed by atoms with Crippen molar-refractivity contribution in [3.8, 4) is 0 Å². The Bertz CT molecular complexity index is 910. The molecule has 26 heavy (non-hydrogen) atoms. The van der Waals surface area contributed by atoms with Crippen molar-refractivity contribution in [2.75, 3.05) is 10.6 Å². The lowest BCUT2D eigenvalue weighted by Gasteiger charge is -2.09. The molecule has 0 fully saturated rings. The van der Waals surface area contributed by atoms with E-state index in [1.54, 1.807) is 24.3 Å². The monoisotopic (exact) mass is 349 g/mol. The summed E-state index contributed by atoms with van der Waals surface area (Å²) < 4.78 is 0. The van der Waals surface area contributed by atoms with Crippen LogP contribution in [0.5, 0.6) is 0 Å². The van der Waals surface area contributed by atoms with Gasteiger partial charge in [0.15, 0.2) is 0 Å². The van der Waals surface area contributed by atoms with Crippen LogP contribution in [0.25, 0.3) is 10.9 Å². The van der Waals surface area contributed by atoms with Crippen molar-refractivity contribution in [2.45, 2.75) is 26.7 Å². The molecule has 2 aromatic carbocycles. The number of aryl methyl sites for hydroxylation is 1. The average Bonchev–Trinajstić information content (AvgIpc) is 3.05. The van der Waals surface area contributed by atoms with E-state index in [0.29, 0.717) is 12.8 Å². The summed E-state index contributed by atoms with van der Waals surface area (Å²) in [6.07, 6.45) is 3.05. The number of amides is 2. The van der Waals surface area contributed by atoms with Gasteiger partial charge in [0.1, 0.15) is 0 Å². The molecule has 2 amide bonds. The van der Waals surface area contributed by atoms with Crippen LogP contribution in [0.1, 0.15) is 25.8 Å². The quantitative estimate of drug-likeness (QED) is 0.619. The van der Waals surface area contributed by atoms with E-state index in [9.17, 15) is 9.59 Å². The molecule has 1 heterocycles. The van der Waals surface area contributed by atoms with Gasteiger partial charge < -0.3 is 15.6 Å². The van der Waals surface area contributed by atoms with Crippen molar-refractivity contribution in [3.05, 3.63) is 60.3 Å². The van der Waals surface area contributed by atoms with Gasteiger partial charge in [-0.25, -0.2) is 0 Å². The predicted molar refractivity (Wildman–Crippen MR) is 105 cm³/mol. The van der Waals surface area contributed by atoms with Gasteiger partial charge >= 0.3 is 0 Å². The summed E-state index contributed by atoms with van der Waals surface area (Å²) in [5.74, 6) is -0.131. The molecular weight excluding hydrogens is 326 g/mol. The van der Waals surface area contributed by atoms with E-state index in [0.717, 1.165) is 27.8 Å². The minimum Gasteiger partial charge on any atom is -0.361 e. The van der Waals surface area contributed by atoms with Gasteiger partial charge in [-0.2, -0.15) is 0 Å². The number of aromatic nitrogens is 1. The highest BCUT2D eigenvalue weighted by Crippen LogP contribution is 2.19. The first-order valence-corrected chi connectivity index (χ1v) is 8.78. The van der Waals surface area contributed by atoms with E-state index in [1.807, 2.05) is 38.2 Å². The lowest BCUT2D eigenvalue weighted by molar-refractivity contribution is -0.119. The van der Waals surface area contributed by atoms with E-state index in [4.69, 9.17) is 0 Å². The number of rotatable bonds is 6. The van der Waals surface area contributed by atoms with Crippen LogP contribution >= 0.6 is 0 Å². The molecule has 134 valence electrons. The number of anilines is 2. The van der Waals surface area contributed by atoms with Crippen LogP contribution in [0.4, 0.5) is 11.4 Å². The summed E-state index contributed by atoms with van der Waals surface area (Å²) >= 11 is 0. The third kappa shape index (κ3) is 4.30. The molecule has 0 aliphatic rings. The fourth-order valence-electron chi connectivity index (χ4n) is 2.73. The number of hydrogen-bond acceptors (Lipinski definition) is 2. The highest BCUT2D eigenvalue weighted by molar-refractivity contribution is 5.94. The van der Waals surface area contributed by atoms with E-state index < -0.39 is 0 Å². The van der Waals surface area contributed by atoms with Crippen LogP contribution < -0.4 is 10.6 Å². The number of nitrogens with one attached hydrogen (secondary N) is 3. The Balaban J connectivity index is 1.54. The number of carbonyl (C=O) groups is 2. The molecule has 1 aromatic heterocycles. The summed E-state index contributed by atoms with van der Waals surface area (Å²) in [5.41, 5.74) is 3.67. The molecule has 0 bridgehead atoms. The first kappa shape index (κ1) is 17.7. The minimum atomic E-state index is -0.0705. The molecule has 3 N–H and O–H groups in total. The molecular formula is C21H23N3O2. The molecule has 3 aromatic rings. The number of benzene rings is 2. The van der Waals surface area contributed by atoms with Crippen LogP contribution in [0.15, 0.2) is 54.7 Å². The van der Waals surface area contributed by atoms with Crippen molar-refractivity contribution in [2.24, 2.45) is 5.92 Å². The van der Waals surface area contributed by atoms with Crippen LogP contribution in [0.3, 0.4) is 0 Å². The summed E-state index contributed by atoms with van der Waals surface area (Å²) in [7, 11) is 0. The zero-order valence-electron chi connectivity index (χ0n) is 15.0. The molecule has 3 rings (SSSR count). The minimum absolute atomic E-state index is 0.0273. The molecule has 0 aliphatic heterocycles. The second kappa shape index (κ2) is 7.87. The van der Waals surface area contributed by atoms with Gasteiger partial charge in [0, 0.05) is 40.8 Å². The Labute approximate surface area is 152 Å². The van der Waals surface area contributed by atoms with Crippen molar-refractivity contribution >= 4 is 34.1 Å². The number of hydrogen-bond donors (Lipinski definition) is 3. The van der Waals surface area contributed by atoms with Crippen LogP contribution in [0.2, 0.25) is 0 Å². The van der Waals surface area contributed by atoms with Gasteiger partial charge in [0.05, 0.1) is 0 Å². The van der Waals surface area contributed by atoms with Gasteiger partial charge in [-0.1, -0.05) is 32.0 Å². The fraction of sp³-hybridized carbons (Fsp3) is 0.238. The maximum Gasteiger partial charge on any atom is 0.226 e. The summed E-state index contributed by atoms with van der Waals surface area (Å²) in [5, 5.41) is 6.88. The molecule has 5 nitrogen and oxygen atoms in total. The van der Waals surface area contributed by atoms with E-state index >= 15 is 0 Å². The number of carbonyl (C=O) groups excluding carboxylic acids is 2. The second-order valence-corrected chi connectivity index (χ2v) is 6.63. The Kier molecular flexibility index (Phi) is 5.37. The number of aromatic amines is 1. The third-order valence-corrected chi connectivity index (χ3v) is 4.26. The predicted octanol–water partition coefficient (Wildman–Crippen LogP) is 4.33. The maximum absolute atomic E-state index is 12.2. The Morgan fingerprint density at radius 2 is 1.62 bits per heavy atom. The summed E-state index contributed by atoms with van der Waals surface area (Å²) in [6.45, 7) is 3.69. The first-order chi connectivity index (χ1) is 12.5. The third-order valence-electron chi connectivity index (χ3n) is 4.26. The van der Waals surface area contributed by atoms with Gasteiger partial charge in [-0.05, 0) is 42.3 Å². The lowest BCUT2D eigenvalue weighted by atomic mass is 10.1. The van der Waals surface area contributed by atoms with Gasteiger partial charge in [0.2, 0.25) is 11.8 Å².